The number of carbonyl (C=O) groups excluding carboxylic acids is 2. The van der Waals surface area contributed by atoms with Gasteiger partial charge in [0, 0.05) is 6.54 Å². The molecule has 0 aliphatic carbocycles. The normalized spacial score (nSPS) is 20.9. The summed E-state index contributed by atoms with van der Waals surface area (Å²) in [6.45, 7) is 0.392. The quantitative estimate of drug-likeness (QED) is 0.567. The van der Waals surface area contributed by atoms with Gasteiger partial charge < -0.3 is 15.7 Å². The molecule has 0 aromatic carbocycles. The first-order valence-corrected chi connectivity index (χ1v) is 4.33. The van der Waals surface area contributed by atoms with E-state index < -0.39 is 30.2 Å². The molecule has 1 fully saturated rings. The number of nitrogens with two attached hydrogens (primary N) is 1. The average molecular weight is 200 g/mol. The molecule has 6 nitrogen and oxygen atoms in total. The maximum atomic E-state index is 11.3. The number of carboxylic acid groups (broad SMARTS) is 1. The van der Waals surface area contributed by atoms with Crippen LogP contribution in [0.25, 0.3) is 0 Å². The fraction of sp³-hybridized carbons (Fsp3) is 0.625. The number of carboxylic acids is 1. The lowest BCUT2D eigenvalue weighted by Gasteiger charge is -2.20. The van der Waals surface area contributed by atoms with Gasteiger partial charge in [-0.25, -0.2) is 4.79 Å². The Hall–Kier alpha value is -1.59. The maximum absolute atomic E-state index is 11.3. The SMILES string of the molecule is NC(=O)CC(=O)N1CCCC1C(=O)O. The summed E-state index contributed by atoms with van der Waals surface area (Å²) in [5, 5.41) is 8.76. The predicted octanol–water partition coefficient (Wildman–Crippen LogP) is -1.06. The molecule has 0 bridgehead atoms. The van der Waals surface area contributed by atoms with Crippen molar-refractivity contribution >= 4 is 17.8 Å². The van der Waals surface area contributed by atoms with E-state index in [0.717, 1.165) is 0 Å². The van der Waals surface area contributed by atoms with Gasteiger partial charge in [-0.3, -0.25) is 9.59 Å². The molecule has 0 spiro atoms. The second-order valence-electron chi connectivity index (χ2n) is 3.23. The number of hydrogen-bond donors (Lipinski definition) is 2. The number of hydrogen-bond acceptors (Lipinski definition) is 3. The maximum Gasteiger partial charge on any atom is 0.326 e. The van der Waals surface area contributed by atoms with Crippen LogP contribution in [0.2, 0.25) is 0 Å². The summed E-state index contributed by atoms with van der Waals surface area (Å²) in [4.78, 5) is 33.7. The van der Waals surface area contributed by atoms with E-state index in [0.29, 0.717) is 19.4 Å². The number of amides is 2. The Bertz CT molecular complexity index is 277. The number of nitrogens with zero attached hydrogens (tertiary/aromatic N) is 1. The van der Waals surface area contributed by atoms with Crippen LogP contribution in [0.4, 0.5) is 0 Å². The molecule has 1 rings (SSSR count). The molecule has 14 heavy (non-hydrogen) atoms. The Kier molecular flexibility index (Phi) is 3.06. The summed E-state index contributed by atoms with van der Waals surface area (Å²) >= 11 is 0. The monoisotopic (exact) mass is 200 g/mol. The molecule has 1 heterocycles. The van der Waals surface area contributed by atoms with Crippen LogP contribution in [0.3, 0.4) is 0 Å². The first-order valence-electron chi connectivity index (χ1n) is 4.33. The van der Waals surface area contributed by atoms with Crippen LogP contribution in [0.5, 0.6) is 0 Å². The number of aliphatic carboxylic acids is 1. The molecule has 3 N–H and O–H groups in total. The van der Waals surface area contributed by atoms with Crippen LogP contribution in [0.15, 0.2) is 0 Å². The van der Waals surface area contributed by atoms with Crippen LogP contribution in [-0.4, -0.2) is 40.4 Å². The van der Waals surface area contributed by atoms with Crippen molar-refractivity contribution in [3.05, 3.63) is 0 Å². The highest BCUT2D eigenvalue weighted by atomic mass is 16.4. The van der Waals surface area contributed by atoms with Gasteiger partial charge in [0.05, 0.1) is 0 Å². The standard InChI is InChI=1S/C8H12N2O4/c9-6(11)4-7(12)10-3-1-2-5(10)8(13)14/h5H,1-4H2,(H2,9,11)(H,13,14). The van der Waals surface area contributed by atoms with Gasteiger partial charge >= 0.3 is 5.97 Å². The van der Waals surface area contributed by atoms with Gasteiger partial charge in [-0.1, -0.05) is 0 Å². The highest BCUT2D eigenvalue weighted by molar-refractivity contribution is 5.97. The zero-order valence-corrected chi connectivity index (χ0v) is 7.60. The summed E-state index contributed by atoms with van der Waals surface area (Å²) < 4.78 is 0. The Balaban J connectivity index is 2.62. The average Bonchev–Trinajstić information content (AvgIpc) is 2.49. The minimum atomic E-state index is -1.03. The Morgan fingerprint density at radius 2 is 2.07 bits per heavy atom. The molecule has 6 heteroatoms. The third kappa shape index (κ3) is 2.21. The van der Waals surface area contributed by atoms with Crippen molar-refractivity contribution in [1.29, 1.82) is 0 Å². The van der Waals surface area contributed by atoms with Crippen LogP contribution < -0.4 is 5.73 Å². The van der Waals surface area contributed by atoms with E-state index in [1.807, 2.05) is 0 Å². The third-order valence-electron chi connectivity index (χ3n) is 2.18. The summed E-state index contributed by atoms with van der Waals surface area (Å²) in [5.41, 5.74) is 4.85. The van der Waals surface area contributed by atoms with Crippen molar-refractivity contribution in [3.8, 4) is 0 Å². The fourth-order valence-corrected chi connectivity index (χ4v) is 1.57. The summed E-state index contributed by atoms with van der Waals surface area (Å²) in [6.07, 6.45) is 0.686. The molecule has 1 saturated heterocycles. The third-order valence-corrected chi connectivity index (χ3v) is 2.18. The first-order chi connectivity index (χ1) is 6.52. The largest absolute Gasteiger partial charge is 0.480 e. The lowest BCUT2D eigenvalue weighted by Crippen LogP contribution is -2.41. The molecule has 1 aliphatic heterocycles. The van der Waals surface area contributed by atoms with E-state index in [1.165, 1.54) is 4.90 Å². The van der Waals surface area contributed by atoms with Gasteiger partial charge in [0.1, 0.15) is 12.5 Å². The van der Waals surface area contributed by atoms with Crippen LogP contribution in [0.1, 0.15) is 19.3 Å². The van der Waals surface area contributed by atoms with Crippen molar-refractivity contribution in [1.82, 2.24) is 4.90 Å². The molecule has 0 saturated carbocycles. The van der Waals surface area contributed by atoms with Crippen LogP contribution in [0, 0.1) is 0 Å². The van der Waals surface area contributed by atoms with Crippen molar-refractivity contribution in [2.75, 3.05) is 6.54 Å². The lowest BCUT2D eigenvalue weighted by atomic mass is 10.2. The highest BCUT2D eigenvalue weighted by Crippen LogP contribution is 2.18. The number of rotatable bonds is 3. The van der Waals surface area contributed by atoms with Crippen molar-refractivity contribution in [2.24, 2.45) is 5.73 Å². The minimum absolute atomic E-state index is 0.392. The van der Waals surface area contributed by atoms with E-state index in [2.05, 4.69) is 0 Å². The van der Waals surface area contributed by atoms with Gasteiger partial charge in [-0.05, 0) is 12.8 Å². The number of likely N-dealkylation sites (tertiary alicyclic amines) is 1. The van der Waals surface area contributed by atoms with Gasteiger partial charge in [-0.2, -0.15) is 0 Å². The van der Waals surface area contributed by atoms with Gasteiger partial charge in [0.2, 0.25) is 11.8 Å². The molecule has 78 valence electrons. The topological polar surface area (TPSA) is 101 Å². The van der Waals surface area contributed by atoms with Crippen LogP contribution >= 0.6 is 0 Å². The summed E-state index contributed by atoms with van der Waals surface area (Å²) in [7, 11) is 0. The summed E-state index contributed by atoms with van der Waals surface area (Å²) in [5.74, 6) is -2.26. The molecular formula is C8H12N2O4. The van der Waals surface area contributed by atoms with Crippen molar-refractivity contribution in [3.63, 3.8) is 0 Å². The first kappa shape index (κ1) is 10.5. The van der Waals surface area contributed by atoms with Crippen LogP contribution in [-0.2, 0) is 14.4 Å². The smallest absolute Gasteiger partial charge is 0.326 e. The summed E-state index contributed by atoms with van der Waals surface area (Å²) in [6, 6.07) is -0.790. The van der Waals surface area contributed by atoms with E-state index in [1.54, 1.807) is 0 Å². The zero-order valence-electron chi connectivity index (χ0n) is 7.60. The minimum Gasteiger partial charge on any atom is -0.480 e. The van der Waals surface area contributed by atoms with Gasteiger partial charge in [-0.15, -0.1) is 0 Å². The number of primary amides is 1. The van der Waals surface area contributed by atoms with Gasteiger partial charge in [0.25, 0.3) is 0 Å². The zero-order chi connectivity index (χ0) is 10.7. The molecule has 1 aliphatic rings. The Labute approximate surface area is 80.7 Å². The molecule has 0 aromatic rings. The van der Waals surface area contributed by atoms with Crippen molar-refractivity contribution in [2.45, 2.75) is 25.3 Å². The molecule has 0 aromatic heterocycles. The molecular weight excluding hydrogens is 188 g/mol. The van der Waals surface area contributed by atoms with E-state index in [9.17, 15) is 14.4 Å². The highest BCUT2D eigenvalue weighted by Gasteiger charge is 2.33. The predicted molar refractivity (Wildman–Crippen MR) is 46.2 cm³/mol. The molecule has 2 amide bonds. The van der Waals surface area contributed by atoms with Gasteiger partial charge in [0.15, 0.2) is 0 Å². The Morgan fingerprint density at radius 3 is 2.57 bits per heavy atom. The van der Waals surface area contributed by atoms with E-state index >= 15 is 0 Å². The fourth-order valence-electron chi connectivity index (χ4n) is 1.57. The van der Waals surface area contributed by atoms with E-state index in [-0.39, 0.29) is 0 Å². The molecule has 1 atom stereocenters. The van der Waals surface area contributed by atoms with E-state index in [4.69, 9.17) is 10.8 Å². The lowest BCUT2D eigenvalue weighted by molar-refractivity contribution is -0.149. The van der Waals surface area contributed by atoms with Crippen molar-refractivity contribution < 1.29 is 19.5 Å². The second kappa shape index (κ2) is 4.08. The Morgan fingerprint density at radius 1 is 1.43 bits per heavy atom. The molecule has 1 unspecified atom stereocenters. The number of carbonyl (C=O) groups is 3. The molecule has 0 radical (unpaired) electrons. The second-order valence-corrected chi connectivity index (χ2v) is 3.23.